The second kappa shape index (κ2) is 10.4. The van der Waals surface area contributed by atoms with Crippen LogP contribution in [0, 0.1) is 11.7 Å². The van der Waals surface area contributed by atoms with Crippen LogP contribution in [-0.4, -0.2) is 23.2 Å². The SMILES string of the molecule is O=C(Nc1ccc(Oc2ccnc(CC(=O)C3CC3)c2)c(F)c1)Nc1ccc(Cl)c(OC(F)(F)F)c1. The summed E-state index contributed by atoms with van der Waals surface area (Å²) in [7, 11) is 0. The van der Waals surface area contributed by atoms with Gasteiger partial charge >= 0.3 is 12.4 Å². The maximum atomic E-state index is 14.6. The number of hydrogen-bond donors (Lipinski definition) is 2. The van der Waals surface area contributed by atoms with Crippen molar-refractivity contribution in [1.82, 2.24) is 4.98 Å². The molecule has 1 aliphatic carbocycles. The average molecular weight is 524 g/mol. The number of alkyl halides is 3. The minimum atomic E-state index is -4.96. The largest absolute Gasteiger partial charge is 0.573 e. The van der Waals surface area contributed by atoms with E-state index in [1.54, 1.807) is 6.07 Å². The van der Waals surface area contributed by atoms with Gasteiger partial charge in [-0.2, -0.15) is 0 Å². The molecule has 12 heteroatoms. The fraction of sp³-hybridized carbons (Fsp3) is 0.208. The van der Waals surface area contributed by atoms with Gasteiger partial charge in [0.2, 0.25) is 0 Å². The number of anilines is 2. The first-order valence-electron chi connectivity index (χ1n) is 10.6. The topological polar surface area (TPSA) is 89.5 Å². The lowest BCUT2D eigenvalue weighted by atomic mass is 10.1. The van der Waals surface area contributed by atoms with Gasteiger partial charge in [0.05, 0.1) is 10.7 Å². The first-order chi connectivity index (χ1) is 17.1. The number of urea groups is 1. The molecule has 0 unspecified atom stereocenters. The van der Waals surface area contributed by atoms with Gasteiger partial charge in [0.15, 0.2) is 11.6 Å². The van der Waals surface area contributed by atoms with Crippen molar-refractivity contribution in [2.45, 2.75) is 25.6 Å². The molecule has 4 rings (SSSR count). The van der Waals surface area contributed by atoms with Crippen molar-refractivity contribution in [3.63, 3.8) is 0 Å². The van der Waals surface area contributed by atoms with Crippen molar-refractivity contribution in [1.29, 1.82) is 0 Å². The molecule has 2 N–H and O–H groups in total. The highest BCUT2D eigenvalue weighted by molar-refractivity contribution is 6.32. The van der Waals surface area contributed by atoms with Crippen molar-refractivity contribution in [2.24, 2.45) is 5.92 Å². The summed E-state index contributed by atoms with van der Waals surface area (Å²) in [5, 5.41) is 4.37. The van der Waals surface area contributed by atoms with E-state index in [1.165, 1.54) is 30.5 Å². The van der Waals surface area contributed by atoms with Gasteiger partial charge < -0.3 is 20.1 Å². The molecule has 0 bridgehead atoms. The molecule has 3 aromatic rings. The van der Waals surface area contributed by atoms with Gasteiger partial charge in [-0.25, -0.2) is 9.18 Å². The molecule has 0 atom stereocenters. The molecule has 0 radical (unpaired) electrons. The third-order valence-electron chi connectivity index (χ3n) is 5.01. The van der Waals surface area contributed by atoms with Crippen LogP contribution in [0.3, 0.4) is 0 Å². The van der Waals surface area contributed by atoms with E-state index >= 15 is 0 Å². The number of amides is 2. The molecular weight excluding hydrogens is 506 g/mol. The summed E-state index contributed by atoms with van der Waals surface area (Å²) in [6.45, 7) is 0. The fourth-order valence-corrected chi connectivity index (χ4v) is 3.37. The van der Waals surface area contributed by atoms with Crippen LogP contribution in [-0.2, 0) is 11.2 Å². The predicted molar refractivity (Wildman–Crippen MR) is 123 cm³/mol. The Hall–Kier alpha value is -3.86. The number of nitrogens with zero attached hydrogens (tertiary/aromatic N) is 1. The maximum Gasteiger partial charge on any atom is 0.573 e. The molecule has 188 valence electrons. The van der Waals surface area contributed by atoms with Crippen molar-refractivity contribution < 1.29 is 36.6 Å². The monoisotopic (exact) mass is 523 g/mol. The Morgan fingerprint density at radius 1 is 1.00 bits per heavy atom. The van der Waals surface area contributed by atoms with E-state index in [1.807, 2.05) is 0 Å². The molecule has 1 heterocycles. The third kappa shape index (κ3) is 7.08. The zero-order valence-electron chi connectivity index (χ0n) is 18.4. The van der Waals surface area contributed by atoms with E-state index in [-0.39, 0.29) is 40.3 Å². The number of ketones is 1. The zero-order valence-corrected chi connectivity index (χ0v) is 19.1. The zero-order chi connectivity index (χ0) is 25.9. The standard InChI is InChI=1S/C24H18ClF4N3O4/c25-18-5-3-15(12-22(18)36-24(27,28)29)32-23(34)31-14-4-6-21(19(26)10-14)35-17-7-8-30-16(9-17)11-20(33)13-1-2-13/h3-10,12-13H,1-2,11H2,(H2,31,32,34). The summed E-state index contributed by atoms with van der Waals surface area (Å²) in [5.41, 5.74) is 0.541. The average Bonchev–Trinajstić information content (AvgIpc) is 3.63. The van der Waals surface area contributed by atoms with Gasteiger partial charge in [0.25, 0.3) is 0 Å². The maximum absolute atomic E-state index is 14.6. The number of nitrogens with one attached hydrogen (secondary N) is 2. The van der Waals surface area contributed by atoms with Crippen molar-refractivity contribution >= 4 is 34.8 Å². The second-order valence-electron chi connectivity index (χ2n) is 7.92. The number of rotatable bonds is 8. The molecule has 0 saturated heterocycles. The summed E-state index contributed by atoms with van der Waals surface area (Å²) in [4.78, 5) is 28.4. The summed E-state index contributed by atoms with van der Waals surface area (Å²) >= 11 is 5.68. The highest BCUT2D eigenvalue weighted by atomic mass is 35.5. The van der Waals surface area contributed by atoms with E-state index in [0.717, 1.165) is 31.0 Å². The van der Waals surface area contributed by atoms with Crippen LogP contribution in [0.15, 0.2) is 54.7 Å². The second-order valence-corrected chi connectivity index (χ2v) is 8.33. The van der Waals surface area contributed by atoms with Crippen molar-refractivity contribution in [2.75, 3.05) is 10.6 Å². The minimum Gasteiger partial charge on any atom is -0.454 e. The number of hydrogen-bond acceptors (Lipinski definition) is 5. The number of pyridine rings is 1. The van der Waals surface area contributed by atoms with Gasteiger partial charge in [-0.05, 0) is 43.2 Å². The van der Waals surface area contributed by atoms with Crippen LogP contribution in [0.1, 0.15) is 18.5 Å². The molecule has 0 aliphatic heterocycles. The summed E-state index contributed by atoms with van der Waals surface area (Å²) in [6.07, 6.45) is -1.53. The molecule has 0 spiro atoms. The van der Waals surface area contributed by atoms with E-state index < -0.39 is 24.0 Å². The minimum absolute atomic E-state index is 0.0368. The summed E-state index contributed by atoms with van der Waals surface area (Å²) in [6, 6.07) is 9.19. The molecule has 1 saturated carbocycles. The van der Waals surface area contributed by atoms with E-state index in [4.69, 9.17) is 16.3 Å². The number of carbonyl (C=O) groups excluding carboxylic acids is 2. The number of ether oxygens (including phenoxy) is 2. The van der Waals surface area contributed by atoms with Gasteiger partial charge in [-0.3, -0.25) is 9.78 Å². The number of benzene rings is 2. The number of Topliss-reactive ketones (excluding diaryl/α,β-unsaturated/α-hetero) is 1. The molecule has 36 heavy (non-hydrogen) atoms. The van der Waals surface area contributed by atoms with Crippen LogP contribution in [0.5, 0.6) is 17.2 Å². The van der Waals surface area contributed by atoms with Gasteiger partial charge in [-0.1, -0.05) is 11.6 Å². The highest BCUT2D eigenvalue weighted by Gasteiger charge is 2.32. The van der Waals surface area contributed by atoms with Crippen LogP contribution >= 0.6 is 11.6 Å². The highest BCUT2D eigenvalue weighted by Crippen LogP contribution is 2.33. The number of carbonyl (C=O) groups is 2. The van der Waals surface area contributed by atoms with E-state index in [0.29, 0.717) is 11.4 Å². The summed E-state index contributed by atoms with van der Waals surface area (Å²) < 4.78 is 61.4. The lowest BCUT2D eigenvalue weighted by Crippen LogP contribution is -2.20. The molecule has 2 aromatic carbocycles. The Morgan fingerprint density at radius 2 is 1.69 bits per heavy atom. The predicted octanol–water partition coefficient (Wildman–Crippen LogP) is 6.73. The molecular formula is C24H18ClF4N3O4. The Balaban J connectivity index is 1.37. The smallest absolute Gasteiger partial charge is 0.454 e. The molecule has 1 fully saturated rings. The molecule has 1 aromatic heterocycles. The lowest BCUT2D eigenvalue weighted by Gasteiger charge is -2.13. The lowest BCUT2D eigenvalue weighted by molar-refractivity contribution is -0.274. The molecule has 1 aliphatic rings. The van der Waals surface area contributed by atoms with Gasteiger partial charge in [0.1, 0.15) is 17.3 Å². The van der Waals surface area contributed by atoms with Crippen LogP contribution in [0.4, 0.5) is 33.7 Å². The van der Waals surface area contributed by atoms with Gasteiger partial charge in [-0.15, -0.1) is 13.2 Å². The fourth-order valence-electron chi connectivity index (χ4n) is 3.21. The number of halogens is 5. The third-order valence-corrected chi connectivity index (χ3v) is 5.32. The molecule has 7 nitrogen and oxygen atoms in total. The first kappa shape index (κ1) is 25.2. The Kier molecular flexibility index (Phi) is 7.30. The van der Waals surface area contributed by atoms with Crippen molar-refractivity contribution in [3.05, 3.63) is 71.3 Å². The van der Waals surface area contributed by atoms with Gasteiger partial charge in [0, 0.05) is 48.1 Å². The normalized spacial score (nSPS) is 13.1. The first-order valence-corrected chi connectivity index (χ1v) is 11.0. The molecule has 2 amide bonds. The van der Waals surface area contributed by atoms with E-state index in [9.17, 15) is 27.2 Å². The Morgan fingerprint density at radius 3 is 2.36 bits per heavy atom. The quantitative estimate of drug-likeness (QED) is 0.319. The Labute approximate surface area is 207 Å². The number of aromatic nitrogens is 1. The van der Waals surface area contributed by atoms with Crippen LogP contribution < -0.4 is 20.1 Å². The van der Waals surface area contributed by atoms with E-state index in [2.05, 4.69) is 20.4 Å². The Bertz CT molecular complexity index is 1300. The van der Waals surface area contributed by atoms with Crippen LogP contribution in [0.2, 0.25) is 5.02 Å². The van der Waals surface area contributed by atoms with Crippen molar-refractivity contribution in [3.8, 4) is 17.2 Å². The van der Waals surface area contributed by atoms with Crippen LogP contribution in [0.25, 0.3) is 0 Å². The summed E-state index contributed by atoms with van der Waals surface area (Å²) in [5.74, 6) is -1.10.